The Labute approximate surface area is 147 Å². The fraction of sp³-hybridized carbons (Fsp3) is 0.556. The van der Waals surface area contributed by atoms with Crippen LogP contribution in [0.3, 0.4) is 0 Å². The van der Waals surface area contributed by atoms with Gasteiger partial charge in [-0.15, -0.1) is 15.3 Å². The van der Waals surface area contributed by atoms with E-state index in [9.17, 15) is 4.79 Å². The first-order chi connectivity index (χ1) is 12.3. The number of carbonyl (C=O) groups is 1. The van der Waals surface area contributed by atoms with Crippen LogP contribution in [0.25, 0.3) is 5.65 Å². The summed E-state index contributed by atoms with van der Waals surface area (Å²) in [6.45, 7) is 0.733. The number of allylic oxidation sites excluding steroid dienone is 1. The van der Waals surface area contributed by atoms with Crippen molar-refractivity contribution in [2.75, 3.05) is 13.7 Å². The van der Waals surface area contributed by atoms with Gasteiger partial charge in [-0.1, -0.05) is 11.6 Å². The fourth-order valence-electron chi connectivity index (χ4n) is 3.07. The molecule has 0 saturated heterocycles. The highest BCUT2D eigenvalue weighted by Gasteiger charge is 2.09. The van der Waals surface area contributed by atoms with E-state index in [0.29, 0.717) is 30.8 Å². The Balaban J connectivity index is 1.41. The van der Waals surface area contributed by atoms with E-state index in [1.165, 1.54) is 31.3 Å². The van der Waals surface area contributed by atoms with E-state index < -0.39 is 0 Å². The molecule has 7 heteroatoms. The summed E-state index contributed by atoms with van der Waals surface area (Å²) in [5, 5.41) is 15.6. The van der Waals surface area contributed by atoms with Crippen molar-refractivity contribution >= 4 is 11.6 Å². The summed E-state index contributed by atoms with van der Waals surface area (Å²) in [5.41, 5.74) is 2.17. The second-order valence-corrected chi connectivity index (χ2v) is 6.32. The molecule has 1 amide bonds. The van der Waals surface area contributed by atoms with Gasteiger partial charge in [0.15, 0.2) is 11.5 Å². The molecule has 2 aromatic heterocycles. The third-order valence-electron chi connectivity index (χ3n) is 4.47. The molecule has 134 valence electrons. The van der Waals surface area contributed by atoms with E-state index in [0.717, 1.165) is 18.8 Å². The number of hydrogen-bond acceptors (Lipinski definition) is 5. The van der Waals surface area contributed by atoms with E-state index in [4.69, 9.17) is 4.74 Å². The number of fused-ring (bicyclic) bond motifs is 1. The highest BCUT2D eigenvalue weighted by Crippen LogP contribution is 2.19. The van der Waals surface area contributed by atoms with Crippen molar-refractivity contribution in [3.8, 4) is 5.88 Å². The lowest BCUT2D eigenvalue weighted by Gasteiger charge is -2.12. The summed E-state index contributed by atoms with van der Waals surface area (Å²) >= 11 is 0. The van der Waals surface area contributed by atoms with E-state index in [1.54, 1.807) is 17.7 Å². The number of nitrogens with one attached hydrogen (secondary N) is 1. The highest BCUT2D eigenvalue weighted by molar-refractivity contribution is 5.75. The van der Waals surface area contributed by atoms with Crippen molar-refractivity contribution in [3.05, 3.63) is 29.6 Å². The molecule has 1 aliphatic carbocycles. The van der Waals surface area contributed by atoms with Crippen molar-refractivity contribution in [2.45, 2.75) is 51.4 Å². The molecule has 0 aromatic carbocycles. The van der Waals surface area contributed by atoms with E-state index in [1.807, 2.05) is 6.07 Å². The zero-order valence-corrected chi connectivity index (χ0v) is 14.7. The molecule has 25 heavy (non-hydrogen) atoms. The number of nitrogens with zero attached hydrogens (tertiary/aromatic N) is 4. The van der Waals surface area contributed by atoms with Crippen molar-refractivity contribution in [1.82, 2.24) is 25.1 Å². The van der Waals surface area contributed by atoms with Gasteiger partial charge in [0.2, 0.25) is 11.8 Å². The molecule has 0 radical (unpaired) electrons. The van der Waals surface area contributed by atoms with Gasteiger partial charge in [-0.25, -0.2) is 0 Å². The van der Waals surface area contributed by atoms with Gasteiger partial charge in [0.25, 0.3) is 0 Å². The van der Waals surface area contributed by atoms with Crippen LogP contribution in [0.1, 0.15) is 50.8 Å². The van der Waals surface area contributed by atoms with Gasteiger partial charge >= 0.3 is 0 Å². The Kier molecular flexibility index (Phi) is 5.98. The van der Waals surface area contributed by atoms with Gasteiger partial charge in [-0.05, 0) is 44.6 Å². The van der Waals surface area contributed by atoms with E-state index in [2.05, 4.69) is 26.7 Å². The second kappa shape index (κ2) is 8.60. The largest absolute Gasteiger partial charge is 0.480 e. The smallest absolute Gasteiger partial charge is 0.231 e. The van der Waals surface area contributed by atoms with E-state index in [-0.39, 0.29) is 5.91 Å². The monoisotopic (exact) mass is 343 g/mol. The first-order valence-corrected chi connectivity index (χ1v) is 8.96. The number of hydrogen-bond donors (Lipinski definition) is 1. The topological polar surface area (TPSA) is 81.4 Å². The minimum absolute atomic E-state index is 0.0933. The molecule has 0 fully saturated rings. The van der Waals surface area contributed by atoms with Gasteiger partial charge in [0, 0.05) is 25.5 Å². The molecule has 3 rings (SSSR count). The predicted molar refractivity (Wildman–Crippen MR) is 94.4 cm³/mol. The number of aromatic nitrogens is 4. The molecular weight excluding hydrogens is 318 g/mol. The Bertz CT molecular complexity index is 753. The third-order valence-corrected chi connectivity index (χ3v) is 4.47. The first kappa shape index (κ1) is 17.4. The summed E-state index contributed by atoms with van der Waals surface area (Å²) in [6, 6.07) is 3.57. The normalized spacial score (nSPS) is 14.4. The number of amides is 1. The molecule has 0 spiro atoms. The summed E-state index contributed by atoms with van der Waals surface area (Å²) < 4.78 is 6.80. The van der Waals surface area contributed by atoms with Crippen LogP contribution in [0.5, 0.6) is 5.88 Å². The van der Waals surface area contributed by atoms with Gasteiger partial charge in [0.1, 0.15) is 0 Å². The van der Waals surface area contributed by atoms with Crippen LogP contribution in [-0.4, -0.2) is 39.4 Å². The van der Waals surface area contributed by atoms with Gasteiger partial charge in [0.05, 0.1) is 7.11 Å². The maximum atomic E-state index is 12.0. The molecule has 0 bridgehead atoms. The number of ether oxygens (including phenoxy) is 1. The Hall–Kier alpha value is -2.44. The molecule has 2 heterocycles. The lowest BCUT2D eigenvalue weighted by atomic mass is 9.97. The van der Waals surface area contributed by atoms with Crippen molar-refractivity contribution in [1.29, 1.82) is 0 Å². The number of carbonyl (C=O) groups excluding carboxylic acids is 1. The number of aryl methyl sites for hydroxylation is 1. The quantitative estimate of drug-likeness (QED) is 0.745. The third kappa shape index (κ3) is 4.78. The van der Waals surface area contributed by atoms with Crippen molar-refractivity contribution < 1.29 is 9.53 Å². The fourth-order valence-corrected chi connectivity index (χ4v) is 3.07. The van der Waals surface area contributed by atoms with Crippen LogP contribution in [-0.2, 0) is 11.2 Å². The lowest BCUT2D eigenvalue weighted by molar-refractivity contribution is -0.121. The maximum Gasteiger partial charge on any atom is 0.231 e. The molecule has 0 aliphatic heterocycles. The minimum atomic E-state index is 0.0933. The Morgan fingerprint density at radius 3 is 3.00 bits per heavy atom. The van der Waals surface area contributed by atoms with Gasteiger partial charge in [-0.3, -0.25) is 4.79 Å². The van der Waals surface area contributed by atoms with Crippen molar-refractivity contribution in [2.24, 2.45) is 0 Å². The average molecular weight is 343 g/mol. The highest BCUT2D eigenvalue weighted by atomic mass is 16.5. The predicted octanol–water partition coefficient (Wildman–Crippen LogP) is 2.46. The van der Waals surface area contributed by atoms with Crippen LogP contribution in [0.4, 0.5) is 0 Å². The molecule has 0 unspecified atom stereocenters. The maximum absolute atomic E-state index is 12.0. The molecule has 1 N–H and O–H groups in total. The Morgan fingerprint density at radius 2 is 2.20 bits per heavy atom. The summed E-state index contributed by atoms with van der Waals surface area (Å²) in [7, 11) is 1.58. The minimum Gasteiger partial charge on any atom is -0.480 e. The van der Waals surface area contributed by atoms with Crippen LogP contribution in [0, 0.1) is 0 Å². The van der Waals surface area contributed by atoms with Crippen LogP contribution in [0.2, 0.25) is 0 Å². The van der Waals surface area contributed by atoms with Crippen LogP contribution < -0.4 is 10.1 Å². The van der Waals surface area contributed by atoms with Gasteiger partial charge in [-0.2, -0.15) is 4.52 Å². The molecular formula is C18H25N5O2. The summed E-state index contributed by atoms with van der Waals surface area (Å²) in [5.74, 6) is 1.35. The molecule has 1 aliphatic rings. The van der Waals surface area contributed by atoms with Crippen LogP contribution >= 0.6 is 0 Å². The van der Waals surface area contributed by atoms with E-state index >= 15 is 0 Å². The van der Waals surface area contributed by atoms with Crippen LogP contribution in [0.15, 0.2) is 23.8 Å². The molecule has 0 saturated carbocycles. The Morgan fingerprint density at radius 1 is 1.28 bits per heavy atom. The molecule has 7 nitrogen and oxygen atoms in total. The zero-order valence-electron chi connectivity index (χ0n) is 14.7. The summed E-state index contributed by atoms with van der Waals surface area (Å²) in [4.78, 5) is 12.0. The number of rotatable bonds is 8. The van der Waals surface area contributed by atoms with Gasteiger partial charge < -0.3 is 10.1 Å². The molecule has 2 aromatic rings. The standard InChI is InChI=1S/C18H25N5O2/c1-25-18-11-10-16-21-20-15(23(16)22-18)8-5-9-17(24)19-13-12-14-6-3-2-4-7-14/h6,10-11H,2-5,7-9,12-13H2,1H3,(H,19,24). The number of methoxy groups -OCH3 is 1. The SMILES string of the molecule is COc1ccc2nnc(CCCC(=O)NCCC3=CCCCC3)n2n1. The van der Waals surface area contributed by atoms with Crippen molar-refractivity contribution in [3.63, 3.8) is 0 Å². The summed E-state index contributed by atoms with van der Waals surface area (Å²) in [6.07, 6.45) is 10.1. The molecule has 0 atom stereocenters. The zero-order chi connectivity index (χ0) is 17.5. The average Bonchev–Trinajstić information content (AvgIpc) is 3.05. The lowest BCUT2D eigenvalue weighted by Crippen LogP contribution is -2.24. The second-order valence-electron chi connectivity index (χ2n) is 6.32. The first-order valence-electron chi connectivity index (χ1n) is 8.96.